The van der Waals surface area contributed by atoms with Gasteiger partial charge in [-0.3, -0.25) is 9.78 Å². The zero-order valence-electron chi connectivity index (χ0n) is 10.1. The predicted molar refractivity (Wildman–Crippen MR) is 71.1 cm³/mol. The number of ketones is 1. The Balaban J connectivity index is 2.35. The molecule has 0 atom stereocenters. The molecule has 1 heterocycles. The van der Waals surface area contributed by atoms with Crippen LogP contribution in [0.5, 0.6) is 0 Å². The molecule has 0 fully saturated rings. The average molecular weight is 326 g/mol. The second-order valence-electron chi connectivity index (χ2n) is 4.06. The first-order chi connectivity index (χ1) is 9.00. The third-order valence-electron chi connectivity index (χ3n) is 2.78. The van der Waals surface area contributed by atoms with Crippen molar-refractivity contribution in [3.05, 3.63) is 63.4 Å². The number of carbonyl (C=O) groups is 1. The van der Waals surface area contributed by atoms with E-state index in [9.17, 15) is 13.6 Å². The Labute approximate surface area is 117 Å². The molecule has 0 spiro atoms. The summed E-state index contributed by atoms with van der Waals surface area (Å²) in [7, 11) is 0. The molecule has 0 aliphatic rings. The van der Waals surface area contributed by atoms with Crippen LogP contribution >= 0.6 is 15.9 Å². The first kappa shape index (κ1) is 13.8. The second kappa shape index (κ2) is 5.57. The number of nitrogens with zero attached hydrogens (tertiary/aromatic N) is 1. The molecular formula is C14H10BrF2NO. The highest BCUT2D eigenvalue weighted by Gasteiger charge is 2.18. The number of aromatic nitrogens is 1. The topological polar surface area (TPSA) is 30.0 Å². The lowest BCUT2D eigenvalue weighted by Gasteiger charge is -2.07. The van der Waals surface area contributed by atoms with Gasteiger partial charge in [0.15, 0.2) is 5.78 Å². The molecular weight excluding hydrogens is 316 g/mol. The molecule has 0 bridgehead atoms. The summed E-state index contributed by atoms with van der Waals surface area (Å²) in [6, 6.07) is 5.62. The summed E-state index contributed by atoms with van der Waals surface area (Å²) in [5.74, 6) is -1.83. The fraction of sp³-hybridized carbons (Fsp3) is 0.143. The largest absolute Gasteiger partial charge is 0.294 e. The van der Waals surface area contributed by atoms with Gasteiger partial charge in [-0.05, 0) is 47.1 Å². The summed E-state index contributed by atoms with van der Waals surface area (Å²) in [5.41, 5.74) is 0.687. The van der Waals surface area contributed by atoms with Crippen LogP contribution in [0, 0.1) is 18.6 Å². The summed E-state index contributed by atoms with van der Waals surface area (Å²) in [5, 5.41) is 0. The zero-order valence-corrected chi connectivity index (χ0v) is 11.7. The van der Waals surface area contributed by atoms with E-state index in [1.165, 1.54) is 6.07 Å². The van der Waals surface area contributed by atoms with Crippen molar-refractivity contribution in [2.45, 2.75) is 13.3 Å². The van der Waals surface area contributed by atoms with Crippen LogP contribution < -0.4 is 0 Å². The van der Waals surface area contributed by atoms with Crippen LogP contribution in [0.3, 0.4) is 0 Å². The van der Waals surface area contributed by atoms with Crippen LogP contribution in [0.1, 0.15) is 21.6 Å². The van der Waals surface area contributed by atoms with Crippen molar-refractivity contribution in [3.8, 4) is 0 Å². The van der Waals surface area contributed by atoms with Crippen molar-refractivity contribution >= 4 is 21.7 Å². The smallest absolute Gasteiger partial charge is 0.169 e. The summed E-state index contributed by atoms with van der Waals surface area (Å²) in [6.07, 6.45) is 1.23. The van der Waals surface area contributed by atoms with Gasteiger partial charge in [0.05, 0.1) is 4.47 Å². The van der Waals surface area contributed by atoms with Gasteiger partial charge in [0.25, 0.3) is 0 Å². The van der Waals surface area contributed by atoms with Gasteiger partial charge in [0.1, 0.15) is 11.6 Å². The molecule has 0 radical (unpaired) electrons. The summed E-state index contributed by atoms with van der Waals surface area (Å²) in [6.45, 7) is 1.68. The molecule has 1 aromatic heterocycles. The van der Waals surface area contributed by atoms with Crippen molar-refractivity contribution in [2.24, 2.45) is 0 Å². The zero-order chi connectivity index (χ0) is 14.0. The summed E-state index contributed by atoms with van der Waals surface area (Å²) < 4.78 is 27.5. The lowest BCUT2D eigenvalue weighted by Crippen LogP contribution is -2.09. The standard InChI is InChI=1S/C14H10BrF2NO/c1-8-9(3-2-6-18-8)13(19)7-10-12(16)5-4-11(15)14(10)17/h2-6H,7H2,1H3. The van der Waals surface area contributed by atoms with Crippen molar-refractivity contribution in [3.63, 3.8) is 0 Å². The summed E-state index contributed by atoms with van der Waals surface area (Å²) in [4.78, 5) is 16.0. The van der Waals surface area contributed by atoms with Crippen molar-refractivity contribution in [1.82, 2.24) is 4.98 Å². The maximum atomic E-state index is 13.8. The van der Waals surface area contributed by atoms with Crippen LogP contribution in [0.25, 0.3) is 0 Å². The molecule has 0 saturated carbocycles. The molecule has 1 aromatic carbocycles. The molecule has 0 saturated heterocycles. The molecule has 0 N–H and O–H groups in total. The van der Waals surface area contributed by atoms with Crippen molar-refractivity contribution < 1.29 is 13.6 Å². The van der Waals surface area contributed by atoms with E-state index in [0.717, 1.165) is 6.07 Å². The lowest BCUT2D eigenvalue weighted by atomic mass is 10.0. The van der Waals surface area contributed by atoms with Gasteiger partial charge in [-0.25, -0.2) is 8.78 Å². The first-order valence-corrected chi connectivity index (χ1v) is 6.37. The quantitative estimate of drug-likeness (QED) is 0.633. The van der Waals surface area contributed by atoms with E-state index < -0.39 is 11.6 Å². The number of pyridine rings is 1. The Morgan fingerprint density at radius 1 is 1.32 bits per heavy atom. The van der Waals surface area contributed by atoms with E-state index in [2.05, 4.69) is 20.9 Å². The maximum absolute atomic E-state index is 13.8. The van der Waals surface area contributed by atoms with Crippen LogP contribution in [-0.2, 0) is 6.42 Å². The number of aryl methyl sites for hydroxylation is 1. The number of Topliss-reactive ketones (excluding diaryl/α,β-unsaturated/α-hetero) is 1. The maximum Gasteiger partial charge on any atom is 0.169 e. The number of hydrogen-bond donors (Lipinski definition) is 0. The monoisotopic (exact) mass is 325 g/mol. The van der Waals surface area contributed by atoms with Gasteiger partial charge in [0.2, 0.25) is 0 Å². The predicted octanol–water partition coefficient (Wildman–Crippen LogP) is 3.86. The highest BCUT2D eigenvalue weighted by atomic mass is 79.9. The third kappa shape index (κ3) is 2.87. The molecule has 0 aliphatic carbocycles. The fourth-order valence-corrected chi connectivity index (χ4v) is 2.14. The molecule has 98 valence electrons. The number of carbonyl (C=O) groups excluding carboxylic acids is 1. The van der Waals surface area contributed by atoms with Gasteiger partial charge < -0.3 is 0 Å². The number of hydrogen-bond acceptors (Lipinski definition) is 2. The average Bonchev–Trinajstić information content (AvgIpc) is 2.39. The molecule has 2 aromatic rings. The number of rotatable bonds is 3. The van der Waals surface area contributed by atoms with Gasteiger partial charge in [-0.15, -0.1) is 0 Å². The Bertz CT molecular complexity index is 643. The molecule has 0 unspecified atom stereocenters. The van der Waals surface area contributed by atoms with E-state index in [1.54, 1.807) is 25.3 Å². The highest BCUT2D eigenvalue weighted by molar-refractivity contribution is 9.10. The molecule has 0 aliphatic heterocycles. The normalized spacial score (nSPS) is 10.5. The molecule has 19 heavy (non-hydrogen) atoms. The van der Waals surface area contributed by atoms with E-state index in [0.29, 0.717) is 11.3 Å². The first-order valence-electron chi connectivity index (χ1n) is 5.58. The SMILES string of the molecule is Cc1ncccc1C(=O)Cc1c(F)ccc(Br)c1F. The van der Waals surface area contributed by atoms with Gasteiger partial charge in [-0.1, -0.05) is 0 Å². The minimum atomic E-state index is -0.741. The minimum Gasteiger partial charge on any atom is -0.294 e. The second-order valence-corrected chi connectivity index (χ2v) is 4.91. The van der Waals surface area contributed by atoms with Crippen molar-refractivity contribution in [1.29, 1.82) is 0 Å². The van der Waals surface area contributed by atoms with Crippen LogP contribution in [0.4, 0.5) is 8.78 Å². The van der Waals surface area contributed by atoms with E-state index in [4.69, 9.17) is 0 Å². The third-order valence-corrected chi connectivity index (χ3v) is 3.40. The lowest BCUT2D eigenvalue weighted by molar-refractivity contribution is 0.0989. The van der Waals surface area contributed by atoms with E-state index in [-0.39, 0.29) is 22.2 Å². The van der Waals surface area contributed by atoms with Gasteiger partial charge >= 0.3 is 0 Å². The highest BCUT2D eigenvalue weighted by Crippen LogP contribution is 2.23. The van der Waals surface area contributed by atoms with E-state index in [1.807, 2.05) is 0 Å². The molecule has 2 nitrogen and oxygen atoms in total. The Hall–Kier alpha value is -1.62. The van der Waals surface area contributed by atoms with Crippen LogP contribution in [0.15, 0.2) is 34.9 Å². The Morgan fingerprint density at radius 3 is 2.74 bits per heavy atom. The van der Waals surface area contributed by atoms with Crippen molar-refractivity contribution in [2.75, 3.05) is 0 Å². The number of benzene rings is 1. The summed E-state index contributed by atoms with van der Waals surface area (Å²) >= 11 is 2.98. The fourth-order valence-electron chi connectivity index (χ4n) is 1.77. The molecule has 5 heteroatoms. The Kier molecular flexibility index (Phi) is 4.04. The number of halogens is 3. The van der Waals surface area contributed by atoms with Gasteiger partial charge in [0, 0.05) is 29.4 Å². The molecule has 2 rings (SSSR count). The Morgan fingerprint density at radius 2 is 2.05 bits per heavy atom. The van der Waals surface area contributed by atoms with Crippen LogP contribution in [-0.4, -0.2) is 10.8 Å². The minimum absolute atomic E-state index is 0.139. The van der Waals surface area contributed by atoms with Crippen LogP contribution in [0.2, 0.25) is 0 Å². The van der Waals surface area contributed by atoms with Gasteiger partial charge in [-0.2, -0.15) is 0 Å². The molecule has 0 amide bonds. The van der Waals surface area contributed by atoms with E-state index >= 15 is 0 Å².